The monoisotopic (exact) mass is 326 g/mol. The van der Waals surface area contributed by atoms with E-state index >= 15 is 0 Å². The summed E-state index contributed by atoms with van der Waals surface area (Å²) in [5, 5.41) is 14.4. The molecule has 7 nitrogen and oxygen atoms in total. The van der Waals surface area contributed by atoms with Gasteiger partial charge in [-0.15, -0.1) is 16.4 Å². The van der Waals surface area contributed by atoms with E-state index in [0.717, 1.165) is 29.7 Å². The van der Waals surface area contributed by atoms with Crippen molar-refractivity contribution in [3.05, 3.63) is 39.6 Å². The zero-order chi connectivity index (χ0) is 15.8. The molecule has 0 radical (unpaired) electrons. The largest absolute Gasteiger partial charge is 0.268 e. The van der Waals surface area contributed by atoms with Gasteiger partial charge in [0.2, 0.25) is 0 Å². The Morgan fingerprint density at radius 3 is 3.04 bits per heavy atom. The van der Waals surface area contributed by atoms with Gasteiger partial charge < -0.3 is 0 Å². The van der Waals surface area contributed by atoms with Crippen LogP contribution in [0.2, 0.25) is 0 Å². The van der Waals surface area contributed by atoms with Crippen molar-refractivity contribution in [2.45, 2.75) is 26.2 Å². The standard InChI is InChI=1S/C15H14N6OS/c1-2-3-4-10-7-11-14(23-10)16-12-6-5-9(8-21(12)15(11)22)13-17-19-20-18-13/h5-8H,2-4H2,1H3,(H,17,18,19,20). The van der Waals surface area contributed by atoms with E-state index in [2.05, 4.69) is 32.5 Å². The van der Waals surface area contributed by atoms with Gasteiger partial charge in [-0.3, -0.25) is 9.20 Å². The van der Waals surface area contributed by atoms with Gasteiger partial charge in [0.25, 0.3) is 5.56 Å². The fourth-order valence-corrected chi connectivity index (χ4v) is 3.61. The van der Waals surface area contributed by atoms with E-state index in [4.69, 9.17) is 0 Å². The molecule has 4 heterocycles. The minimum Gasteiger partial charge on any atom is -0.268 e. The average molecular weight is 326 g/mol. The number of unbranched alkanes of at least 4 members (excludes halogenated alkanes) is 1. The van der Waals surface area contributed by atoms with Crippen LogP contribution in [0.5, 0.6) is 0 Å². The Kier molecular flexibility index (Phi) is 3.38. The van der Waals surface area contributed by atoms with Crippen LogP contribution >= 0.6 is 11.3 Å². The van der Waals surface area contributed by atoms with Crippen LogP contribution in [0, 0.1) is 0 Å². The summed E-state index contributed by atoms with van der Waals surface area (Å²) in [5.41, 5.74) is 1.31. The lowest BCUT2D eigenvalue weighted by molar-refractivity contribution is 0.804. The first kappa shape index (κ1) is 14.0. The zero-order valence-electron chi connectivity index (χ0n) is 12.5. The highest BCUT2D eigenvalue weighted by Gasteiger charge is 2.11. The molecule has 4 aromatic heterocycles. The molecule has 8 heteroatoms. The van der Waals surface area contributed by atoms with Crippen molar-refractivity contribution in [3.63, 3.8) is 0 Å². The number of pyridine rings is 1. The summed E-state index contributed by atoms with van der Waals surface area (Å²) in [6, 6.07) is 5.63. The number of aryl methyl sites for hydroxylation is 1. The highest BCUT2D eigenvalue weighted by molar-refractivity contribution is 7.18. The molecule has 1 N–H and O–H groups in total. The van der Waals surface area contributed by atoms with Crippen LogP contribution in [0.15, 0.2) is 29.2 Å². The summed E-state index contributed by atoms with van der Waals surface area (Å²) in [7, 11) is 0. The number of aromatic amines is 1. The van der Waals surface area contributed by atoms with Crippen LogP contribution < -0.4 is 5.56 Å². The van der Waals surface area contributed by atoms with Gasteiger partial charge in [0, 0.05) is 16.6 Å². The van der Waals surface area contributed by atoms with Crippen molar-refractivity contribution in [3.8, 4) is 11.4 Å². The van der Waals surface area contributed by atoms with Crippen molar-refractivity contribution in [1.29, 1.82) is 0 Å². The first-order chi connectivity index (χ1) is 11.3. The molecule has 4 rings (SSSR count). The van der Waals surface area contributed by atoms with Gasteiger partial charge in [-0.05, 0) is 41.5 Å². The van der Waals surface area contributed by atoms with Gasteiger partial charge >= 0.3 is 0 Å². The Morgan fingerprint density at radius 1 is 1.35 bits per heavy atom. The maximum Gasteiger partial charge on any atom is 0.266 e. The highest BCUT2D eigenvalue weighted by Crippen LogP contribution is 2.24. The number of tetrazole rings is 1. The third kappa shape index (κ3) is 2.40. The molecule has 0 aliphatic carbocycles. The molecule has 116 valence electrons. The van der Waals surface area contributed by atoms with Crippen LogP contribution in [0.3, 0.4) is 0 Å². The van der Waals surface area contributed by atoms with E-state index in [9.17, 15) is 4.79 Å². The van der Waals surface area contributed by atoms with Gasteiger partial charge in [0.15, 0.2) is 5.82 Å². The molecule has 0 atom stereocenters. The Balaban J connectivity index is 1.90. The van der Waals surface area contributed by atoms with Crippen LogP contribution in [-0.4, -0.2) is 30.0 Å². The van der Waals surface area contributed by atoms with E-state index in [0.29, 0.717) is 16.9 Å². The second kappa shape index (κ2) is 5.54. The molecule has 23 heavy (non-hydrogen) atoms. The third-order valence-corrected chi connectivity index (χ3v) is 4.84. The van der Waals surface area contributed by atoms with Crippen molar-refractivity contribution >= 4 is 27.2 Å². The molecule has 0 bridgehead atoms. The Hall–Kier alpha value is -2.61. The Bertz CT molecular complexity index is 1030. The first-order valence-electron chi connectivity index (χ1n) is 7.45. The fourth-order valence-electron chi connectivity index (χ4n) is 2.54. The highest BCUT2D eigenvalue weighted by atomic mass is 32.1. The van der Waals surface area contributed by atoms with Crippen molar-refractivity contribution in [2.24, 2.45) is 0 Å². The van der Waals surface area contributed by atoms with Gasteiger partial charge in [0.1, 0.15) is 10.5 Å². The molecular weight excluding hydrogens is 312 g/mol. The maximum absolute atomic E-state index is 12.8. The van der Waals surface area contributed by atoms with Crippen LogP contribution in [0.25, 0.3) is 27.3 Å². The second-order valence-corrected chi connectivity index (χ2v) is 6.46. The number of hydrogen-bond donors (Lipinski definition) is 1. The molecule has 0 aromatic carbocycles. The lowest BCUT2D eigenvalue weighted by Crippen LogP contribution is -2.14. The van der Waals surface area contributed by atoms with Crippen molar-refractivity contribution < 1.29 is 0 Å². The molecule has 0 aliphatic rings. The second-order valence-electron chi connectivity index (χ2n) is 5.35. The predicted octanol–water partition coefficient (Wildman–Crippen LogP) is 2.43. The predicted molar refractivity (Wildman–Crippen MR) is 88.6 cm³/mol. The van der Waals surface area contributed by atoms with E-state index in [1.54, 1.807) is 21.9 Å². The molecule has 0 aliphatic heterocycles. The van der Waals surface area contributed by atoms with Crippen LogP contribution in [0.1, 0.15) is 24.6 Å². The van der Waals surface area contributed by atoms with E-state index in [1.807, 2.05) is 18.2 Å². The van der Waals surface area contributed by atoms with Gasteiger partial charge in [-0.25, -0.2) is 10.1 Å². The molecule has 0 saturated carbocycles. The fraction of sp³-hybridized carbons (Fsp3) is 0.267. The SMILES string of the molecule is CCCCc1cc2c(=O)n3cc(-c4nnn[nH]4)ccc3nc2s1. The number of aromatic nitrogens is 6. The summed E-state index contributed by atoms with van der Waals surface area (Å²) in [4.78, 5) is 19.4. The lowest BCUT2D eigenvalue weighted by Gasteiger charge is -2.02. The van der Waals surface area contributed by atoms with E-state index in [-0.39, 0.29) is 5.56 Å². The molecule has 0 saturated heterocycles. The Morgan fingerprint density at radius 2 is 2.26 bits per heavy atom. The summed E-state index contributed by atoms with van der Waals surface area (Å²) >= 11 is 1.61. The van der Waals surface area contributed by atoms with Gasteiger partial charge in [-0.2, -0.15) is 0 Å². The number of hydrogen-bond acceptors (Lipinski definition) is 6. The van der Waals surface area contributed by atoms with E-state index in [1.165, 1.54) is 4.88 Å². The number of rotatable bonds is 4. The number of nitrogens with zero attached hydrogens (tertiary/aromatic N) is 5. The number of nitrogens with one attached hydrogen (secondary N) is 1. The first-order valence-corrected chi connectivity index (χ1v) is 8.27. The summed E-state index contributed by atoms with van der Waals surface area (Å²) in [5.74, 6) is 0.521. The summed E-state index contributed by atoms with van der Waals surface area (Å²) in [6.07, 6.45) is 4.97. The molecule has 0 unspecified atom stereocenters. The van der Waals surface area contributed by atoms with Gasteiger partial charge in [0.05, 0.1) is 5.39 Å². The average Bonchev–Trinajstić information content (AvgIpc) is 3.22. The number of thiophene rings is 1. The number of fused-ring (bicyclic) bond motifs is 2. The normalized spacial score (nSPS) is 11.5. The maximum atomic E-state index is 12.8. The number of H-pyrrole nitrogens is 1. The smallest absolute Gasteiger partial charge is 0.266 e. The lowest BCUT2D eigenvalue weighted by atomic mass is 10.2. The minimum atomic E-state index is -0.0571. The molecule has 0 fully saturated rings. The molecular formula is C15H14N6OS. The summed E-state index contributed by atoms with van der Waals surface area (Å²) < 4.78 is 1.55. The molecule has 4 aromatic rings. The van der Waals surface area contributed by atoms with Crippen molar-refractivity contribution in [1.82, 2.24) is 30.0 Å². The quantitative estimate of drug-likeness (QED) is 0.622. The zero-order valence-corrected chi connectivity index (χ0v) is 13.3. The topological polar surface area (TPSA) is 88.8 Å². The summed E-state index contributed by atoms with van der Waals surface area (Å²) in [6.45, 7) is 2.16. The van der Waals surface area contributed by atoms with Crippen molar-refractivity contribution in [2.75, 3.05) is 0 Å². The Labute approximate surface area is 135 Å². The van der Waals surface area contributed by atoms with Crippen LogP contribution in [-0.2, 0) is 6.42 Å². The molecule has 0 amide bonds. The van der Waals surface area contributed by atoms with E-state index < -0.39 is 0 Å². The van der Waals surface area contributed by atoms with Crippen LogP contribution in [0.4, 0.5) is 0 Å². The third-order valence-electron chi connectivity index (χ3n) is 3.75. The van der Waals surface area contributed by atoms with Gasteiger partial charge in [-0.1, -0.05) is 13.3 Å². The minimum absolute atomic E-state index is 0.0571. The molecule has 0 spiro atoms.